The zero-order valence-electron chi connectivity index (χ0n) is 23.6. The lowest BCUT2D eigenvalue weighted by Gasteiger charge is -2.34. The second-order valence-electron chi connectivity index (χ2n) is 9.85. The van der Waals surface area contributed by atoms with Crippen molar-refractivity contribution in [3.63, 3.8) is 0 Å². The topological polar surface area (TPSA) is 86.8 Å². The maximum absolute atomic E-state index is 14.4. The van der Waals surface area contributed by atoms with Crippen molar-refractivity contribution in [1.82, 2.24) is 10.2 Å². The van der Waals surface area contributed by atoms with Crippen molar-refractivity contribution >= 4 is 50.1 Å². The molecule has 0 aliphatic carbocycles. The third-order valence-corrected chi connectivity index (χ3v) is 9.46. The molecule has 4 rings (SSSR count). The summed E-state index contributed by atoms with van der Waals surface area (Å²) >= 11 is 2.15. The van der Waals surface area contributed by atoms with Crippen molar-refractivity contribution in [3.05, 3.63) is 129 Å². The summed E-state index contributed by atoms with van der Waals surface area (Å²) in [4.78, 5) is 29.5. The molecule has 2 amide bonds. The van der Waals surface area contributed by atoms with E-state index in [1.165, 1.54) is 17.0 Å². The molecule has 0 bridgehead atoms. The number of carbonyl (C=O) groups is 2. The maximum Gasteiger partial charge on any atom is 0.264 e. The predicted octanol–water partition coefficient (Wildman–Crippen LogP) is 5.57. The van der Waals surface area contributed by atoms with Crippen LogP contribution in [0.3, 0.4) is 0 Å². The molecule has 4 aromatic rings. The fourth-order valence-corrected chi connectivity index (χ4v) is 6.47. The molecule has 0 unspecified atom stereocenters. The highest BCUT2D eigenvalue weighted by Crippen LogP contribution is 2.26. The number of nitrogens with zero attached hydrogens (tertiary/aromatic N) is 2. The largest absolute Gasteiger partial charge is 0.355 e. The van der Waals surface area contributed by atoms with Gasteiger partial charge in [0.2, 0.25) is 11.8 Å². The van der Waals surface area contributed by atoms with Crippen LogP contribution in [0.15, 0.2) is 114 Å². The van der Waals surface area contributed by atoms with E-state index in [0.29, 0.717) is 12.2 Å². The number of anilines is 1. The lowest BCUT2D eigenvalue weighted by Crippen LogP contribution is -2.53. The van der Waals surface area contributed by atoms with E-state index in [4.69, 9.17) is 0 Å². The Balaban J connectivity index is 1.79. The van der Waals surface area contributed by atoms with Gasteiger partial charge in [0.1, 0.15) is 12.6 Å². The third kappa shape index (κ3) is 7.77. The van der Waals surface area contributed by atoms with Crippen molar-refractivity contribution in [2.75, 3.05) is 17.4 Å². The summed E-state index contributed by atoms with van der Waals surface area (Å²) in [5.74, 6) is -0.779. The van der Waals surface area contributed by atoms with Crippen molar-refractivity contribution in [3.8, 4) is 0 Å². The molecule has 1 atom stereocenters. The van der Waals surface area contributed by atoms with E-state index < -0.39 is 28.5 Å². The standard InChI is InChI=1S/C33H34IN3O4S/c1-3-35-33(39)31(22-26-13-6-4-7-14-26)36(23-27-15-11-10-12-25(27)2)32(38)24-37(29-20-18-28(34)19-21-29)42(40,41)30-16-8-5-9-17-30/h4-21,31H,3,22-24H2,1-2H3,(H,35,39)/t31-/m0/s1. The molecular formula is C33H34IN3O4S. The van der Waals surface area contributed by atoms with Crippen molar-refractivity contribution in [1.29, 1.82) is 0 Å². The number of nitrogens with one attached hydrogen (secondary N) is 1. The second-order valence-corrected chi connectivity index (χ2v) is 13.0. The normalized spacial score (nSPS) is 11.9. The van der Waals surface area contributed by atoms with Crippen LogP contribution in [-0.4, -0.2) is 44.3 Å². The van der Waals surface area contributed by atoms with Crippen LogP contribution in [0.25, 0.3) is 0 Å². The summed E-state index contributed by atoms with van der Waals surface area (Å²) in [5.41, 5.74) is 3.10. The number of benzene rings is 4. The number of likely N-dealkylation sites (N-methyl/N-ethyl adjacent to an activating group) is 1. The molecule has 0 saturated carbocycles. The Hall–Kier alpha value is -3.70. The lowest BCUT2D eigenvalue weighted by molar-refractivity contribution is -0.140. The van der Waals surface area contributed by atoms with Gasteiger partial charge < -0.3 is 10.2 Å². The molecule has 218 valence electrons. The monoisotopic (exact) mass is 695 g/mol. The molecule has 0 spiro atoms. The van der Waals surface area contributed by atoms with Gasteiger partial charge in [-0.15, -0.1) is 0 Å². The van der Waals surface area contributed by atoms with E-state index in [1.54, 1.807) is 42.5 Å². The Morgan fingerprint density at radius 2 is 1.43 bits per heavy atom. The summed E-state index contributed by atoms with van der Waals surface area (Å²) in [6.07, 6.45) is 0.277. The van der Waals surface area contributed by atoms with Gasteiger partial charge in [0.25, 0.3) is 10.0 Å². The Bertz CT molecular complexity index is 1600. The fraction of sp³-hybridized carbons (Fsp3) is 0.212. The molecule has 0 heterocycles. The molecule has 0 fully saturated rings. The number of amides is 2. The first-order chi connectivity index (χ1) is 20.2. The van der Waals surface area contributed by atoms with E-state index in [9.17, 15) is 18.0 Å². The van der Waals surface area contributed by atoms with Crippen LogP contribution in [0.4, 0.5) is 5.69 Å². The highest BCUT2D eigenvalue weighted by atomic mass is 127. The van der Waals surface area contributed by atoms with Gasteiger partial charge in [0, 0.05) is 23.1 Å². The predicted molar refractivity (Wildman–Crippen MR) is 174 cm³/mol. The van der Waals surface area contributed by atoms with Crippen molar-refractivity contribution in [2.24, 2.45) is 0 Å². The van der Waals surface area contributed by atoms with Crippen LogP contribution in [0.1, 0.15) is 23.6 Å². The van der Waals surface area contributed by atoms with Crippen LogP contribution in [0.2, 0.25) is 0 Å². The average molecular weight is 696 g/mol. The van der Waals surface area contributed by atoms with Crippen molar-refractivity contribution < 1.29 is 18.0 Å². The Labute approximate surface area is 261 Å². The summed E-state index contributed by atoms with van der Waals surface area (Å²) in [7, 11) is -4.11. The first kappa shape index (κ1) is 31.2. The Morgan fingerprint density at radius 3 is 2.05 bits per heavy atom. The van der Waals surface area contributed by atoms with Crippen LogP contribution in [0.5, 0.6) is 0 Å². The molecule has 0 radical (unpaired) electrons. The highest BCUT2D eigenvalue weighted by molar-refractivity contribution is 14.1. The molecule has 42 heavy (non-hydrogen) atoms. The molecule has 0 aliphatic rings. The van der Waals surface area contributed by atoms with Gasteiger partial charge in [0.05, 0.1) is 10.6 Å². The molecule has 9 heteroatoms. The summed E-state index contributed by atoms with van der Waals surface area (Å²) in [6.45, 7) is 3.85. The number of hydrogen-bond donors (Lipinski definition) is 1. The minimum Gasteiger partial charge on any atom is -0.355 e. The minimum absolute atomic E-state index is 0.0753. The van der Waals surface area contributed by atoms with Crippen LogP contribution in [0, 0.1) is 10.5 Å². The second kappa shape index (κ2) is 14.5. The van der Waals surface area contributed by atoms with Crippen LogP contribution in [-0.2, 0) is 32.6 Å². The quantitative estimate of drug-likeness (QED) is 0.197. The molecule has 1 N–H and O–H groups in total. The van der Waals surface area contributed by atoms with E-state index in [-0.39, 0.29) is 23.8 Å². The first-order valence-electron chi connectivity index (χ1n) is 13.7. The molecule has 7 nitrogen and oxygen atoms in total. The number of aryl methyl sites for hydroxylation is 1. The summed E-state index contributed by atoms with van der Waals surface area (Å²) < 4.78 is 30.0. The number of carbonyl (C=O) groups excluding carboxylic acids is 2. The first-order valence-corrected chi connectivity index (χ1v) is 16.2. The SMILES string of the molecule is CCNC(=O)[C@H](Cc1ccccc1)N(Cc1ccccc1C)C(=O)CN(c1ccc(I)cc1)S(=O)(=O)c1ccccc1. The third-order valence-electron chi connectivity index (χ3n) is 6.95. The minimum atomic E-state index is -4.11. The van der Waals surface area contributed by atoms with Gasteiger partial charge in [-0.3, -0.25) is 13.9 Å². The molecule has 0 aliphatic heterocycles. The summed E-state index contributed by atoms with van der Waals surface area (Å²) in [5, 5.41) is 2.88. The molecule has 0 aromatic heterocycles. The van der Waals surface area contributed by atoms with E-state index in [1.807, 2.05) is 68.4 Å². The number of sulfonamides is 1. The molecular weight excluding hydrogens is 661 g/mol. The molecule has 4 aromatic carbocycles. The van der Waals surface area contributed by atoms with E-state index >= 15 is 0 Å². The highest BCUT2D eigenvalue weighted by Gasteiger charge is 2.34. The fourth-order valence-electron chi connectivity index (χ4n) is 4.67. The van der Waals surface area contributed by atoms with Crippen molar-refractivity contribution in [2.45, 2.75) is 37.8 Å². The smallest absolute Gasteiger partial charge is 0.264 e. The molecule has 0 saturated heterocycles. The average Bonchev–Trinajstić information content (AvgIpc) is 3.00. The maximum atomic E-state index is 14.4. The zero-order chi connectivity index (χ0) is 30.1. The van der Waals surface area contributed by atoms with E-state index in [2.05, 4.69) is 27.9 Å². The Kier molecular flexibility index (Phi) is 10.8. The van der Waals surface area contributed by atoms with Crippen LogP contribution >= 0.6 is 22.6 Å². The number of rotatable bonds is 12. The van der Waals surface area contributed by atoms with Gasteiger partial charge in [0.15, 0.2) is 0 Å². The van der Waals surface area contributed by atoms with Gasteiger partial charge >= 0.3 is 0 Å². The van der Waals surface area contributed by atoms with Gasteiger partial charge in [-0.25, -0.2) is 8.42 Å². The number of hydrogen-bond acceptors (Lipinski definition) is 4. The van der Waals surface area contributed by atoms with E-state index in [0.717, 1.165) is 24.6 Å². The number of halogens is 1. The zero-order valence-corrected chi connectivity index (χ0v) is 26.6. The lowest BCUT2D eigenvalue weighted by atomic mass is 10.0. The Morgan fingerprint density at radius 1 is 0.833 bits per heavy atom. The van der Waals surface area contributed by atoms with Gasteiger partial charge in [-0.2, -0.15) is 0 Å². The van der Waals surface area contributed by atoms with Gasteiger partial charge in [-0.1, -0.05) is 72.8 Å². The van der Waals surface area contributed by atoms with Crippen LogP contribution < -0.4 is 9.62 Å². The van der Waals surface area contributed by atoms with Gasteiger partial charge in [-0.05, 0) is 89.5 Å². The summed E-state index contributed by atoms with van der Waals surface area (Å²) in [6, 6.07) is 31.4.